The van der Waals surface area contributed by atoms with Crippen molar-refractivity contribution < 1.29 is 19.7 Å². The number of carbonyl (C=O) groups excluding carboxylic acids is 1. The minimum absolute atomic E-state index is 0.0712. The maximum absolute atomic E-state index is 12.4. The van der Waals surface area contributed by atoms with Gasteiger partial charge in [0.05, 0.1) is 17.8 Å². The Morgan fingerprint density at radius 2 is 2.14 bits per heavy atom. The molecule has 3 heterocycles. The zero-order chi connectivity index (χ0) is 15.8. The molecule has 2 saturated heterocycles. The molecule has 3 rings (SSSR count). The van der Waals surface area contributed by atoms with Gasteiger partial charge in [-0.1, -0.05) is 6.07 Å². The van der Waals surface area contributed by atoms with Gasteiger partial charge in [-0.3, -0.25) is 9.78 Å². The molecule has 0 bridgehead atoms. The number of aliphatic hydroxyl groups excluding tert-OH is 1. The Morgan fingerprint density at radius 1 is 1.41 bits per heavy atom. The molecule has 2 N–H and O–H groups in total. The fourth-order valence-electron chi connectivity index (χ4n) is 3.35. The number of likely N-dealkylation sites (tertiary alicyclic amines) is 1. The van der Waals surface area contributed by atoms with Crippen molar-refractivity contribution in [3.63, 3.8) is 0 Å². The molecule has 0 saturated carbocycles. The highest BCUT2D eigenvalue weighted by Gasteiger charge is 2.49. The number of ether oxygens (including phenoxy) is 1. The van der Waals surface area contributed by atoms with Crippen molar-refractivity contribution in [3.8, 4) is 0 Å². The van der Waals surface area contributed by atoms with Gasteiger partial charge in [0.2, 0.25) is 0 Å². The molecular weight excluding hydrogens is 284 g/mol. The van der Waals surface area contributed by atoms with Crippen molar-refractivity contribution >= 4 is 5.91 Å². The number of rotatable bonds is 1. The molecule has 1 aromatic heterocycles. The molecule has 2 fully saturated rings. The molecular formula is C16H22N2O4. The summed E-state index contributed by atoms with van der Waals surface area (Å²) < 4.78 is 5.82. The van der Waals surface area contributed by atoms with Crippen LogP contribution in [0.2, 0.25) is 0 Å². The highest BCUT2D eigenvalue weighted by Crippen LogP contribution is 2.39. The van der Waals surface area contributed by atoms with E-state index in [9.17, 15) is 15.0 Å². The first kappa shape index (κ1) is 15.4. The van der Waals surface area contributed by atoms with Gasteiger partial charge in [0, 0.05) is 25.7 Å². The third-order valence-electron chi connectivity index (χ3n) is 4.79. The first-order valence-electron chi connectivity index (χ1n) is 7.67. The number of piperidine rings is 1. The van der Waals surface area contributed by atoms with Crippen molar-refractivity contribution in [2.24, 2.45) is 0 Å². The number of hydrogen-bond acceptors (Lipinski definition) is 5. The molecule has 22 heavy (non-hydrogen) atoms. The molecule has 1 aromatic rings. The van der Waals surface area contributed by atoms with E-state index in [2.05, 4.69) is 4.98 Å². The molecule has 0 unspecified atom stereocenters. The Morgan fingerprint density at radius 3 is 2.73 bits per heavy atom. The van der Waals surface area contributed by atoms with E-state index in [1.807, 2.05) is 0 Å². The smallest absolute Gasteiger partial charge is 0.272 e. The second-order valence-electron chi connectivity index (χ2n) is 6.55. The normalized spacial score (nSPS) is 31.2. The summed E-state index contributed by atoms with van der Waals surface area (Å²) in [7, 11) is 0. The summed E-state index contributed by atoms with van der Waals surface area (Å²) in [5, 5.41) is 20.1. The van der Waals surface area contributed by atoms with Crippen molar-refractivity contribution in [2.75, 3.05) is 19.7 Å². The Labute approximate surface area is 129 Å². The number of hydrogen-bond donors (Lipinski definition) is 2. The fraction of sp³-hybridized carbons (Fsp3) is 0.625. The Balaban J connectivity index is 1.64. The number of amides is 1. The molecule has 2 aliphatic rings. The van der Waals surface area contributed by atoms with Gasteiger partial charge in [-0.25, -0.2) is 0 Å². The lowest BCUT2D eigenvalue weighted by atomic mass is 9.76. The first-order chi connectivity index (χ1) is 10.4. The van der Waals surface area contributed by atoms with E-state index in [0.717, 1.165) is 0 Å². The lowest BCUT2D eigenvalue weighted by Crippen LogP contribution is -2.59. The van der Waals surface area contributed by atoms with E-state index < -0.39 is 17.3 Å². The van der Waals surface area contributed by atoms with Crippen molar-refractivity contribution in [3.05, 3.63) is 30.1 Å². The van der Waals surface area contributed by atoms with Crippen LogP contribution in [0.15, 0.2) is 24.4 Å². The van der Waals surface area contributed by atoms with E-state index >= 15 is 0 Å². The Hall–Kier alpha value is -1.50. The van der Waals surface area contributed by atoms with Gasteiger partial charge in [0.15, 0.2) is 0 Å². The molecule has 2 atom stereocenters. The standard InChI is InChI=1S/C16H22N2O4/c1-15(21)11-16(22-10-13(15)19)5-8-18(9-6-16)14(20)12-4-2-3-7-17-12/h2-4,7,13,19,21H,5-6,8-11H2,1H3/t13-,15-/m0/s1. The number of pyridine rings is 1. The van der Waals surface area contributed by atoms with Gasteiger partial charge < -0.3 is 19.8 Å². The van der Waals surface area contributed by atoms with Crippen LogP contribution in [-0.2, 0) is 4.74 Å². The quantitative estimate of drug-likeness (QED) is 0.793. The third-order valence-corrected chi connectivity index (χ3v) is 4.79. The number of nitrogens with zero attached hydrogens (tertiary/aromatic N) is 2. The summed E-state index contributed by atoms with van der Waals surface area (Å²) in [5.41, 5.74) is -1.12. The van der Waals surface area contributed by atoms with Crippen molar-refractivity contribution in [1.82, 2.24) is 9.88 Å². The van der Waals surface area contributed by atoms with Gasteiger partial charge in [0.25, 0.3) is 5.91 Å². The average molecular weight is 306 g/mol. The topological polar surface area (TPSA) is 82.9 Å². The van der Waals surface area contributed by atoms with Gasteiger partial charge in [-0.15, -0.1) is 0 Å². The predicted molar refractivity (Wildman–Crippen MR) is 79.3 cm³/mol. The van der Waals surface area contributed by atoms with Crippen LogP contribution in [0.3, 0.4) is 0 Å². The first-order valence-corrected chi connectivity index (χ1v) is 7.67. The lowest BCUT2D eigenvalue weighted by Gasteiger charge is -2.49. The second-order valence-corrected chi connectivity index (χ2v) is 6.55. The largest absolute Gasteiger partial charge is 0.388 e. The Bertz CT molecular complexity index is 538. The van der Waals surface area contributed by atoms with E-state index in [1.165, 1.54) is 0 Å². The highest BCUT2D eigenvalue weighted by molar-refractivity contribution is 5.92. The molecule has 120 valence electrons. The summed E-state index contributed by atoms with van der Waals surface area (Å²) in [5.74, 6) is -0.0712. The molecule has 1 spiro atoms. The summed E-state index contributed by atoms with van der Waals surface area (Å²) in [6, 6.07) is 5.30. The predicted octanol–water partition coefficient (Wildman–Crippen LogP) is 0.589. The Kier molecular flexibility index (Phi) is 3.92. The fourth-order valence-corrected chi connectivity index (χ4v) is 3.35. The van der Waals surface area contributed by atoms with E-state index in [0.29, 0.717) is 38.0 Å². The van der Waals surface area contributed by atoms with Crippen LogP contribution in [0, 0.1) is 0 Å². The highest BCUT2D eigenvalue weighted by atomic mass is 16.5. The minimum atomic E-state index is -1.13. The summed E-state index contributed by atoms with van der Waals surface area (Å²) >= 11 is 0. The minimum Gasteiger partial charge on any atom is -0.388 e. The van der Waals surface area contributed by atoms with Gasteiger partial charge in [-0.2, -0.15) is 0 Å². The second kappa shape index (κ2) is 5.61. The molecule has 2 aliphatic heterocycles. The van der Waals surface area contributed by atoms with Crippen LogP contribution in [-0.4, -0.2) is 63.0 Å². The molecule has 0 aromatic carbocycles. The average Bonchev–Trinajstić information content (AvgIpc) is 2.52. The van der Waals surface area contributed by atoms with Crippen molar-refractivity contribution in [1.29, 1.82) is 0 Å². The number of aliphatic hydroxyl groups is 2. The molecule has 6 heteroatoms. The number of carbonyl (C=O) groups is 1. The molecule has 0 aliphatic carbocycles. The van der Waals surface area contributed by atoms with E-state index in [-0.39, 0.29) is 12.5 Å². The lowest BCUT2D eigenvalue weighted by molar-refractivity contribution is -0.221. The van der Waals surface area contributed by atoms with Gasteiger partial charge >= 0.3 is 0 Å². The van der Waals surface area contributed by atoms with Crippen LogP contribution in [0.1, 0.15) is 36.7 Å². The van der Waals surface area contributed by atoms with Crippen LogP contribution < -0.4 is 0 Å². The monoisotopic (exact) mass is 306 g/mol. The zero-order valence-electron chi connectivity index (χ0n) is 12.7. The zero-order valence-corrected chi connectivity index (χ0v) is 12.7. The van der Waals surface area contributed by atoms with E-state index in [4.69, 9.17) is 4.74 Å². The SMILES string of the molecule is C[C@]1(O)CC2(CCN(C(=O)c3ccccn3)CC2)OC[C@@H]1O. The maximum Gasteiger partial charge on any atom is 0.272 e. The van der Waals surface area contributed by atoms with E-state index in [1.54, 1.807) is 36.2 Å². The van der Waals surface area contributed by atoms with Crippen LogP contribution in [0.5, 0.6) is 0 Å². The third kappa shape index (κ3) is 2.86. The van der Waals surface area contributed by atoms with Crippen molar-refractivity contribution in [2.45, 2.75) is 43.5 Å². The van der Waals surface area contributed by atoms with Crippen LogP contribution in [0.4, 0.5) is 0 Å². The maximum atomic E-state index is 12.4. The summed E-state index contributed by atoms with van der Waals surface area (Å²) in [6.45, 7) is 2.93. The molecule has 6 nitrogen and oxygen atoms in total. The number of aromatic nitrogens is 1. The molecule has 1 amide bonds. The van der Waals surface area contributed by atoms with Gasteiger partial charge in [-0.05, 0) is 31.9 Å². The molecule has 0 radical (unpaired) electrons. The van der Waals surface area contributed by atoms with Crippen LogP contribution >= 0.6 is 0 Å². The summed E-state index contributed by atoms with van der Waals surface area (Å²) in [4.78, 5) is 18.3. The summed E-state index contributed by atoms with van der Waals surface area (Å²) in [6.07, 6.45) is 2.48. The van der Waals surface area contributed by atoms with Crippen LogP contribution in [0.25, 0.3) is 0 Å². The van der Waals surface area contributed by atoms with Gasteiger partial charge in [0.1, 0.15) is 11.8 Å².